The van der Waals surface area contributed by atoms with Crippen LogP contribution in [0.25, 0.3) is 0 Å². The van der Waals surface area contributed by atoms with Crippen molar-refractivity contribution >= 4 is 0 Å². The number of benzene rings is 1. The summed E-state index contributed by atoms with van der Waals surface area (Å²) in [5, 5.41) is 3.46. The number of rotatable bonds is 7. The summed E-state index contributed by atoms with van der Waals surface area (Å²) in [4.78, 5) is 0. The molecule has 0 aliphatic carbocycles. The Morgan fingerprint density at radius 1 is 0.947 bits per heavy atom. The van der Waals surface area contributed by atoms with Gasteiger partial charge in [0.05, 0.1) is 0 Å². The quantitative estimate of drug-likeness (QED) is 0.767. The molecule has 0 fully saturated rings. The van der Waals surface area contributed by atoms with Crippen molar-refractivity contribution in [3.63, 3.8) is 0 Å². The van der Waals surface area contributed by atoms with Gasteiger partial charge in [-0.25, -0.2) is 8.78 Å². The lowest BCUT2D eigenvalue weighted by Gasteiger charge is -2.22. The summed E-state index contributed by atoms with van der Waals surface area (Å²) in [6.45, 7) is 9.39. The predicted octanol–water partition coefficient (Wildman–Crippen LogP) is 4.52. The molecule has 1 N–H and O–H groups in total. The Balaban J connectivity index is 2.56. The summed E-state index contributed by atoms with van der Waals surface area (Å²) in [5.41, 5.74) is 0.788. The number of hydrogen-bond acceptors (Lipinski definition) is 1. The molecule has 0 spiro atoms. The first-order chi connectivity index (χ1) is 8.88. The topological polar surface area (TPSA) is 12.0 Å². The number of hydrogen-bond donors (Lipinski definition) is 1. The normalized spacial score (nSPS) is 11.8. The Kier molecular flexibility index (Phi) is 6.43. The second kappa shape index (κ2) is 7.59. The fourth-order valence-electron chi connectivity index (χ4n) is 2.31. The average molecular weight is 269 g/mol. The van der Waals surface area contributed by atoms with Gasteiger partial charge in [-0.3, -0.25) is 0 Å². The smallest absolute Gasteiger partial charge is 0.159 e. The maximum Gasteiger partial charge on any atom is 0.159 e. The fraction of sp³-hybridized carbons (Fsp3) is 0.625. The summed E-state index contributed by atoms with van der Waals surface area (Å²) in [6, 6.07) is 4.51. The van der Waals surface area contributed by atoms with Crippen LogP contribution in [0.1, 0.15) is 46.1 Å². The van der Waals surface area contributed by atoms with Crippen molar-refractivity contribution in [1.82, 2.24) is 5.32 Å². The van der Waals surface area contributed by atoms with Gasteiger partial charge in [0.25, 0.3) is 0 Å². The van der Waals surface area contributed by atoms with Crippen LogP contribution in [0.3, 0.4) is 0 Å². The lowest BCUT2D eigenvalue weighted by molar-refractivity contribution is 0.358. The van der Waals surface area contributed by atoms with Crippen molar-refractivity contribution in [1.29, 1.82) is 0 Å². The first-order valence-electron chi connectivity index (χ1n) is 7.05. The molecule has 0 unspecified atom stereocenters. The molecular weight excluding hydrogens is 244 g/mol. The van der Waals surface area contributed by atoms with Gasteiger partial charge in [0.1, 0.15) is 0 Å². The summed E-state index contributed by atoms with van der Waals surface area (Å²) in [7, 11) is 0. The Morgan fingerprint density at radius 2 is 1.53 bits per heavy atom. The molecule has 1 aromatic rings. The fourth-order valence-corrected chi connectivity index (χ4v) is 2.31. The molecule has 0 radical (unpaired) electrons. The van der Waals surface area contributed by atoms with E-state index >= 15 is 0 Å². The average Bonchev–Trinajstić information content (AvgIpc) is 2.29. The molecule has 0 aliphatic rings. The van der Waals surface area contributed by atoms with E-state index in [-0.39, 0.29) is 0 Å². The molecule has 0 aliphatic heterocycles. The van der Waals surface area contributed by atoms with Gasteiger partial charge in [0, 0.05) is 12.6 Å². The molecule has 3 heteroatoms. The molecule has 0 bridgehead atoms. The van der Waals surface area contributed by atoms with E-state index in [0.717, 1.165) is 18.4 Å². The van der Waals surface area contributed by atoms with Crippen LogP contribution in [0.15, 0.2) is 18.2 Å². The van der Waals surface area contributed by atoms with E-state index in [1.54, 1.807) is 6.07 Å². The van der Waals surface area contributed by atoms with Crippen LogP contribution in [0, 0.1) is 23.5 Å². The summed E-state index contributed by atoms with van der Waals surface area (Å²) < 4.78 is 26.0. The van der Waals surface area contributed by atoms with Crippen LogP contribution < -0.4 is 5.32 Å². The highest BCUT2D eigenvalue weighted by atomic mass is 19.2. The first-order valence-corrected chi connectivity index (χ1v) is 7.05. The monoisotopic (exact) mass is 269 g/mol. The van der Waals surface area contributed by atoms with E-state index in [1.807, 2.05) is 0 Å². The molecule has 0 saturated heterocycles. The van der Waals surface area contributed by atoms with E-state index < -0.39 is 11.6 Å². The highest BCUT2D eigenvalue weighted by Gasteiger charge is 2.12. The van der Waals surface area contributed by atoms with Gasteiger partial charge in [-0.2, -0.15) is 0 Å². The molecule has 0 atom stereocenters. The van der Waals surface area contributed by atoms with Gasteiger partial charge < -0.3 is 5.32 Å². The molecule has 1 nitrogen and oxygen atoms in total. The number of halogens is 2. The molecule has 19 heavy (non-hydrogen) atoms. The third-order valence-corrected chi connectivity index (χ3v) is 3.09. The number of nitrogens with one attached hydrogen (secondary N) is 1. The molecule has 1 rings (SSSR count). The lowest BCUT2D eigenvalue weighted by Crippen LogP contribution is -2.31. The zero-order valence-electron chi connectivity index (χ0n) is 12.3. The summed E-state index contributed by atoms with van der Waals surface area (Å²) in [5.74, 6) is -0.310. The van der Waals surface area contributed by atoms with E-state index in [4.69, 9.17) is 0 Å². The second-order valence-corrected chi connectivity index (χ2v) is 6.09. The summed E-state index contributed by atoms with van der Waals surface area (Å²) in [6.07, 6.45) is 2.20. The van der Waals surface area contributed by atoms with Gasteiger partial charge in [-0.05, 0) is 42.4 Å². The molecule has 0 aromatic heterocycles. The molecule has 0 heterocycles. The van der Waals surface area contributed by atoms with E-state index in [9.17, 15) is 8.78 Å². The van der Waals surface area contributed by atoms with Gasteiger partial charge in [0.2, 0.25) is 0 Å². The Morgan fingerprint density at radius 3 is 2.00 bits per heavy atom. The molecule has 0 saturated carbocycles. The van der Waals surface area contributed by atoms with Crippen LogP contribution in [0.5, 0.6) is 0 Å². The highest BCUT2D eigenvalue weighted by molar-refractivity contribution is 5.17. The second-order valence-electron chi connectivity index (χ2n) is 6.09. The molecule has 0 amide bonds. The van der Waals surface area contributed by atoms with E-state index in [1.165, 1.54) is 12.1 Å². The van der Waals surface area contributed by atoms with Gasteiger partial charge >= 0.3 is 0 Å². The maximum atomic E-state index is 13.1. The van der Waals surface area contributed by atoms with Crippen LogP contribution in [-0.4, -0.2) is 6.04 Å². The third kappa shape index (κ3) is 6.15. The van der Waals surface area contributed by atoms with Crippen LogP contribution in [0.2, 0.25) is 0 Å². The van der Waals surface area contributed by atoms with Crippen molar-refractivity contribution < 1.29 is 8.78 Å². The van der Waals surface area contributed by atoms with Gasteiger partial charge in [-0.15, -0.1) is 0 Å². The Bertz CT molecular complexity index is 378. The van der Waals surface area contributed by atoms with Crippen molar-refractivity contribution in [3.05, 3.63) is 35.4 Å². The SMILES string of the molecule is CC(C)CC(CC(C)C)NCc1ccc(F)c(F)c1. The minimum atomic E-state index is -0.787. The Labute approximate surface area is 115 Å². The minimum Gasteiger partial charge on any atom is -0.310 e. The van der Waals surface area contributed by atoms with Crippen molar-refractivity contribution in [2.45, 2.75) is 53.1 Å². The standard InChI is InChI=1S/C16H25F2N/c1-11(2)7-14(8-12(3)4)19-10-13-5-6-15(17)16(18)9-13/h5-6,9,11-12,14,19H,7-8,10H2,1-4H3. The van der Waals surface area contributed by atoms with Gasteiger partial charge in [0.15, 0.2) is 11.6 Å². The largest absolute Gasteiger partial charge is 0.310 e. The highest BCUT2D eigenvalue weighted by Crippen LogP contribution is 2.15. The lowest BCUT2D eigenvalue weighted by atomic mass is 9.95. The van der Waals surface area contributed by atoms with Crippen molar-refractivity contribution in [3.8, 4) is 0 Å². The Hall–Kier alpha value is -0.960. The maximum absolute atomic E-state index is 13.1. The molecular formula is C16H25F2N. The summed E-state index contributed by atoms with van der Waals surface area (Å²) >= 11 is 0. The zero-order valence-corrected chi connectivity index (χ0v) is 12.3. The van der Waals surface area contributed by atoms with Crippen LogP contribution >= 0.6 is 0 Å². The molecule has 108 valence electrons. The minimum absolute atomic E-state index is 0.424. The zero-order chi connectivity index (χ0) is 14.4. The van der Waals surface area contributed by atoms with E-state index in [2.05, 4.69) is 33.0 Å². The molecule has 1 aromatic carbocycles. The van der Waals surface area contributed by atoms with Crippen LogP contribution in [0.4, 0.5) is 8.78 Å². The van der Waals surface area contributed by atoms with E-state index in [0.29, 0.717) is 24.4 Å². The van der Waals surface area contributed by atoms with Crippen molar-refractivity contribution in [2.24, 2.45) is 11.8 Å². The van der Waals surface area contributed by atoms with Gasteiger partial charge in [-0.1, -0.05) is 33.8 Å². The third-order valence-electron chi connectivity index (χ3n) is 3.09. The first kappa shape index (κ1) is 16.1. The predicted molar refractivity (Wildman–Crippen MR) is 75.9 cm³/mol. The van der Waals surface area contributed by atoms with Crippen molar-refractivity contribution in [2.75, 3.05) is 0 Å². The van der Waals surface area contributed by atoms with Crippen LogP contribution in [-0.2, 0) is 6.54 Å².